The molecule has 0 saturated heterocycles. The molecule has 0 bridgehead atoms. The van der Waals surface area contributed by atoms with E-state index in [0.29, 0.717) is 42.4 Å². The van der Waals surface area contributed by atoms with Crippen molar-refractivity contribution in [2.45, 2.75) is 71.8 Å². The maximum absolute atomic E-state index is 12.1. The Kier molecular flexibility index (Phi) is 5.37. The average molecular weight is 293 g/mol. The third-order valence-corrected chi connectivity index (χ3v) is 4.62. The Labute approximate surface area is 126 Å². The van der Waals surface area contributed by atoms with Gasteiger partial charge in [0.2, 0.25) is 11.8 Å². The van der Waals surface area contributed by atoms with Gasteiger partial charge in [0, 0.05) is 24.8 Å². The molecular formula is C16H27N3O2. The van der Waals surface area contributed by atoms with E-state index in [-0.39, 0.29) is 11.8 Å². The lowest BCUT2D eigenvalue weighted by Crippen LogP contribution is -2.43. The molecule has 1 aromatic rings. The Bertz CT molecular complexity index is 470. The smallest absolute Gasteiger partial charge is 0.227 e. The zero-order chi connectivity index (χ0) is 15.4. The van der Waals surface area contributed by atoms with Gasteiger partial charge >= 0.3 is 0 Å². The van der Waals surface area contributed by atoms with Gasteiger partial charge in [0.1, 0.15) is 0 Å². The highest BCUT2D eigenvalue weighted by Gasteiger charge is 2.28. The van der Waals surface area contributed by atoms with E-state index >= 15 is 0 Å². The first-order chi connectivity index (χ1) is 9.97. The number of amides is 1. The van der Waals surface area contributed by atoms with E-state index in [1.807, 2.05) is 13.8 Å². The van der Waals surface area contributed by atoms with Crippen LogP contribution in [-0.2, 0) is 11.2 Å². The summed E-state index contributed by atoms with van der Waals surface area (Å²) in [6, 6.07) is 0.315. The van der Waals surface area contributed by atoms with Gasteiger partial charge in [0.15, 0.2) is 5.82 Å². The first-order valence-electron chi connectivity index (χ1n) is 8.09. The Hall–Kier alpha value is -1.39. The molecule has 1 saturated carbocycles. The van der Waals surface area contributed by atoms with Crippen LogP contribution in [-0.4, -0.2) is 22.1 Å². The fourth-order valence-corrected chi connectivity index (χ4v) is 2.89. The standard InChI is InChI=1S/C16H27N3O2/c1-10(2)16-18-15(21-19-16)9-8-14(20)17-13-7-5-6-11(3)12(13)4/h10-13H,5-9H2,1-4H3,(H,17,20)/t11-,12+,13+/m0/s1. The summed E-state index contributed by atoms with van der Waals surface area (Å²) in [7, 11) is 0. The van der Waals surface area contributed by atoms with Crippen molar-refractivity contribution >= 4 is 5.91 Å². The Morgan fingerprint density at radius 3 is 2.81 bits per heavy atom. The van der Waals surface area contributed by atoms with Gasteiger partial charge in [-0.2, -0.15) is 4.98 Å². The molecule has 21 heavy (non-hydrogen) atoms. The molecule has 1 aliphatic rings. The number of aromatic nitrogens is 2. The Morgan fingerprint density at radius 1 is 1.38 bits per heavy atom. The van der Waals surface area contributed by atoms with E-state index in [9.17, 15) is 4.79 Å². The summed E-state index contributed by atoms with van der Waals surface area (Å²) in [5.41, 5.74) is 0. The number of hydrogen-bond acceptors (Lipinski definition) is 4. The minimum absolute atomic E-state index is 0.0882. The van der Waals surface area contributed by atoms with Crippen molar-refractivity contribution < 1.29 is 9.32 Å². The third-order valence-electron chi connectivity index (χ3n) is 4.62. The summed E-state index contributed by atoms with van der Waals surface area (Å²) in [6.45, 7) is 8.55. The predicted molar refractivity (Wildman–Crippen MR) is 80.8 cm³/mol. The first kappa shape index (κ1) is 16.0. The molecule has 0 unspecified atom stereocenters. The van der Waals surface area contributed by atoms with E-state index in [2.05, 4.69) is 29.3 Å². The summed E-state index contributed by atoms with van der Waals surface area (Å²) in [6.07, 6.45) is 4.50. The highest BCUT2D eigenvalue weighted by Crippen LogP contribution is 2.29. The van der Waals surface area contributed by atoms with Crippen LogP contribution >= 0.6 is 0 Å². The van der Waals surface area contributed by atoms with Crippen LogP contribution in [0.2, 0.25) is 0 Å². The molecule has 1 amide bonds. The third kappa shape index (κ3) is 4.29. The fourth-order valence-electron chi connectivity index (χ4n) is 2.89. The molecule has 1 fully saturated rings. The molecule has 0 spiro atoms. The summed E-state index contributed by atoms with van der Waals surface area (Å²) in [5.74, 6) is 2.84. The van der Waals surface area contributed by atoms with Gasteiger partial charge in [-0.3, -0.25) is 4.79 Å². The van der Waals surface area contributed by atoms with Gasteiger partial charge in [-0.15, -0.1) is 0 Å². The highest BCUT2D eigenvalue weighted by molar-refractivity contribution is 5.76. The van der Waals surface area contributed by atoms with Crippen molar-refractivity contribution in [1.29, 1.82) is 0 Å². The van der Waals surface area contributed by atoms with Crippen LogP contribution in [0.1, 0.15) is 71.0 Å². The van der Waals surface area contributed by atoms with Crippen LogP contribution < -0.4 is 5.32 Å². The monoisotopic (exact) mass is 293 g/mol. The maximum Gasteiger partial charge on any atom is 0.227 e. The molecule has 1 aliphatic carbocycles. The summed E-state index contributed by atoms with van der Waals surface area (Å²) in [5, 5.41) is 7.08. The Morgan fingerprint density at radius 2 is 2.14 bits per heavy atom. The lowest BCUT2D eigenvalue weighted by molar-refractivity contribution is -0.122. The molecule has 0 aromatic carbocycles. The number of carbonyl (C=O) groups is 1. The molecule has 118 valence electrons. The van der Waals surface area contributed by atoms with Crippen LogP contribution in [0.15, 0.2) is 4.52 Å². The van der Waals surface area contributed by atoms with Gasteiger partial charge in [-0.1, -0.05) is 45.7 Å². The average Bonchev–Trinajstić information content (AvgIpc) is 2.91. The first-order valence-corrected chi connectivity index (χ1v) is 8.09. The summed E-state index contributed by atoms with van der Waals surface area (Å²) in [4.78, 5) is 16.4. The lowest BCUT2D eigenvalue weighted by Gasteiger charge is -2.34. The molecular weight excluding hydrogens is 266 g/mol. The highest BCUT2D eigenvalue weighted by atomic mass is 16.5. The molecule has 0 aliphatic heterocycles. The van der Waals surface area contributed by atoms with Crippen LogP contribution in [0.4, 0.5) is 0 Å². The van der Waals surface area contributed by atoms with Crippen molar-refractivity contribution in [2.24, 2.45) is 11.8 Å². The predicted octanol–water partition coefficient (Wildman–Crippen LogP) is 3.07. The van der Waals surface area contributed by atoms with Crippen molar-refractivity contribution in [3.8, 4) is 0 Å². The van der Waals surface area contributed by atoms with Crippen LogP contribution in [0.25, 0.3) is 0 Å². The number of rotatable bonds is 5. The molecule has 1 N–H and O–H groups in total. The minimum Gasteiger partial charge on any atom is -0.353 e. The van der Waals surface area contributed by atoms with Crippen molar-refractivity contribution in [1.82, 2.24) is 15.5 Å². The number of nitrogens with zero attached hydrogens (tertiary/aromatic N) is 2. The van der Waals surface area contributed by atoms with Gasteiger partial charge < -0.3 is 9.84 Å². The molecule has 5 heteroatoms. The zero-order valence-electron chi connectivity index (χ0n) is 13.6. The normalized spacial score (nSPS) is 26.0. The second-order valence-corrected chi connectivity index (χ2v) is 6.64. The largest absolute Gasteiger partial charge is 0.353 e. The van der Waals surface area contributed by atoms with E-state index in [4.69, 9.17) is 4.52 Å². The number of carbonyl (C=O) groups excluding carboxylic acids is 1. The van der Waals surface area contributed by atoms with E-state index in [1.165, 1.54) is 12.8 Å². The van der Waals surface area contributed by atoms with Gasteiger partial charge in [0.25, 0.3) is 0 Å². The van der Waals surface area contributed by atoms with Crippen molar-refractivity contribution in [2.75, 3.05) is 0 Å². The van der Waals surface area contributed by atoms with Crippen molar-refractivity contribution in [3.05, 3.63) is 11.7 Å². The van der Waals surface area contributed by atoms with E-state index < -0.39 is 0 Å². The second-order valence-electron chi connectivity index (χ2n) is 6.64. The lowest BCUT2D eigenvalue weighted by atomic mass is 9.78. The van der Waals surface area contributed by atoms with Gasteiger partial charge in [-0.05, 0) is 18.3 Å². The zero-order valence-corrected chi connectivity index (χ0v) is 13.6. The van der Waals surface area contributed by atoms with Gasteiger partial charge in [0.05, 0.1) is 0 Å². The molecule has 0 radical (unpaired) electrons. The molecule has 2 rings (SSSR count). The maximum atomic E-state index is 12.1. The summed E-state index contributed by atoms with van der Waals surface area (Å²) < 4.78 is 5.16. The van der Waals surface area contributed by atoms with Crippen LogP contribution in [0, 0.1) is 11.8 Å². The molecule has 1 aromatic heterocycles. The van der Waals surface area contributed by atoms with Crippen LogP contribution in [0.5, 0.6) is 0 Å². The Balaban J connectivity index is 1.79. The van der Waals surface area contributed by atoms with Crippen LogP contribution in [0.3, 0.4) is 0 Å². The number of hydrogen-bond donors (Lipinski definition) is 1. The second kappa shape index (κ2) is 7.05. The quantitative estimate of drug-likeness (QED) is 0.906. The minimum atomic E-state index is 0.0882. The van der Waals surface area contributed by atoms with Gasteiger partial charge in [-0.25, -0.2) is 0 Å². The molecule has 1 heterocycles. The molecule has 3 atom stereocenters. The number of nitrogens with one attached hydrogen (secondary N) is 1. The fraction of sp³-hybridized carbons (Fsp3) is 0.812. The molecule has 5 nitrogen and oxygen atoms in total. The van der Waals surface area contributed by atoms with E-state index in [1.54, 1.807) is 0 Å². The summed E-state index contributed by atoms with van der Waals surface area (Å²) >= 11 is 0. The SMILES string of the molecule is CC(C)c1noc(CCC(=O)N[C@@H]2CCC[C@H](C)[C@H]2C)n1. The van der Waals surface area contributed by atoms with Crippen molar-refractivity contribution in [3.63, 3.8) is 0 Å². The van der Waals surface area contributed by atoms with E-state index in [0.717, 1.165) is 6.42 Å². The topological polar surface area (TPSA) is 68.0 Å². The number of aryl methyl sites for hydroxylation is 1.